The van der Waals surface area contributed by atoms with Crippen molar-refractivity contribution in [3.8, 4) is 0 Å². The Labute approximate surface area is 68.2 Å². The SMILES string of the molecule is CC=CC(=O)OC(C)CCC. The zero-order valence-electron chi connectivity index (χ0n) is 7.46. The largest absolute Gasteiger partial charge is 0.460 e. The minimum Gasteiger partial charge on any atom is -0.460 e. The lowest BCUT2D eigenvalue weighted by Gasteiger charge is -2.09. The topological polar surface area (TPSA) is 26.3 Å². The summed E-state index contributed by atoms with van der Waals surface area (Å²) in [4.78, 5) is 10.8. The van der Waals surface area contributed by atoms with E-state index in [4.69, 9.17) is 4.74 Å². The van der Waals surface area contributed by atoms with Crippen LogP contribution in [0.2, 0.25) is 0 Å². The summed E-state index contributed by atoms with van der Waals surface area (Å²) >= 11 is 0. The number of carbonyl (C=O) groups excluding carboxylic acids is 1. The van der Waals surface area contributed by atoms with E-state index >= 15 is 0 Å². The molecule has 11 heavy (non-hydrogen) atoms. The van der Waals surface area contributed by atoms with Crippen molar-refractivity contribution in [2.24, 2.45) is 0 Å². The standard InChI is InChI=1S/C9H16O2/c1-4-6-8(3)11-9(10)7-5-2/h5,7-8H,4,6H2,1-3H3. The summed E-state index contributed by atoms with van der Waals surface area (Å²) in [6.45, 7) is 5.77. The van der Waals surface area contributed by atoms with E-state index in [0.717, 1.165) is 12.8 Å². The molecular weight excluding hydrogens is 140 g/mol. The second-order valence-corrected chi connectivity index (χ2v) is 2.54. The fourth-order valence-electron chi connectivity index (χ4n) is 0.839. The summed E-state index contributed by atoms with van der Waals surface area (Å²) in [6, 6.07) is 0. The lowest BCUT2D eigenvalue weighted by Crippen LogP contribution is -2.12. The molecule has 0 spiro atoms. The maximum Gasteiger partial charge on any atom is 0.330 e. The van der Waals surface area contributed by atoms with E-state index in [9.17, 15) is 4.79 Å². The van der Waals surface area contributed by atoms with E-state index in [2.05, 4.69) is 6.92 Å². The first kappa shape index (κ1) is 10.2. The monoisotopic (exact) mass is 156 g/mol. The Hall–Kier alpha value is -0.790. The van der Waals surface area contributed by atoms with E-state index in [1.165, 1.54) is 6.08 Å². The molecule has 0 saturated heterocycles. The van der Waals surface area contributed by atoms with Crippen molar-refractivity contribution in [1.82, 2.24) is 0 Å². The zero-order valence-corrected chi connectivity index (χ0v) is 7.46. The molecule has 0 aromatic heterocycles. The third-order valence-corrected chi connectivity index (χ3v) is 1.32. The number of rotatable bonds is 4. The first-order chi connectivity index (χ1) is 5.20. The van der Waals surface area contributed by atoms with Gasteiger partial charge in [-0.2, -0.15) is 0 Å². The van der Waals surface area contributed by atoms with Crippen molar-refractivity contribution in [2.45, 2.75) is 39.7 Å². The van der Waals surface area contributed by atoms with Gasteiger partial charge in [0.2, 0.25) is 0 Å². The molecule has 0 amide bonds. The van der Waals surface area contributed by atoms with Gasteiger partial charge in [-0.3, -0.25) is 0 Å². The number of hydrogen-bond acceptors (Lipinski definition) is 2. The van der Waals surface area contributed by atoms with Crippen LogP contribution in [0.25, 0.3) is 0 Å². The highest BCUT2D eigenvalue weighted by atomic mass is 16.5. The number of hydrogen-bond donors (Lipinski definition) is 0. The average Bonchev–Trinajstić information content (AvgIpc) is 1.87. The van der Waals surface area contributed by atoms with E-state index in [0.29, 0.717) is 0 Å². The molecule has 2 nitrogen and oxygen atoms in total. The summed E-state index contributed by atoms with van der Waals surface area (Å²) in [5.74, 6) is -0.242. The van der Waals surface area contributed by atoms with E-state index < -0.39 is 0 Å². The lowest BCUT2D eigenvalue weighted by atomic mass is 10.2. The lowest BCUT2D eigenvalue weighted by molar-refractivity contribution is -0.142. The number of allylic oxidation sites excluding steroid dienone is 1. The summed E-state index contributed by atoms with van der Waals surface area (Å²) in [7, 11) is 0. The normalized spacial score (nSPS) is 13.4. The minimum absolute atomic E-state index is 0.0451. The van der Waals surface area contributed by atoms with E-state index in [-0.39, 0.29) is 12.1 Å². The molecule has 0 aromatic rings. The highest BCUT2D eigenvalue weighted by Gasteiger charge is 2.03. The molecule has 1 atom stereocenters. The third-order valence-electron chi connectivity index (χ3n) is 1.32. The molecule has 2 heteroatoms. The van der Waals surface area contributed by atoms with E-state index in [1.807, 2.05) is 6.92 Å². The van der Waals surface area contributed by atoms with Gasteiger partial charge in [0.25, 0.3) is 0 Å². The van der Waals surface area contributed by atoms with Crippen LogP contribution >= 0.6 is 0 Å². The van der Waals surface area contributed by atoms with Crippen molar-refractivity contribution in [3.63, 3.8) is 0 Å². The van der Waals surface area contributed by atoms with Crippen LogP contribution in [0.15, 0.2) is 12.2 Å². The van der Waals surface area contributed by atoms with Crippen LogP contribution in [0.3, 0.4) is 0 Å². The van der Waals surface area contributed by atoms with Crippen molar-refractivity contribution in [3.05, 3.63) is 12.2 Å². The van der Waals surface area contributed by atoms with Gasteiger partial charge in [-0.15, -0.1) is 0 Å². The summed E-state index contributed by atoms with van der Waals surface area (Å²) in [6.07, 6.45) is 5.14. The summed E-state index contributed by atoms with van der Waals surface area (Å²) < 4.78 is 5.01. The molecule has 0 fully saturated rings. The van der Waals surface area contributed by atoms with Gasteiger partial charge in [0.05, 0.1) is 6.10 Å². The molecule has 0 aromatic carbocycles. The molecule has 0 rings (SSSR count). The summed E-state index contributed by atoms with van der Waals surface area (Å²) in [5, 5.41) is 0. The molecule has 0 saturated carbocycles. The van der Waals surface area contributed by atoms with Gasteiger partial charge in [-0.05, 0) is 20.3 Å². The number of esters is 1. The van der Waals surface area contributed by atoms with Crippen LogP contribution in [-0.4, -0.2) is 12.1 Å². The highest BCUT2D eigenvalue weighted by molar-refractivity contribution is 5.81. The minimum atomic E-state index is -0.242. The summed E-state index contributed by atoms with van der Waals surface area (Å²) in [5.41, 5.74) is 0. The Kier molecular flexibility index (Phi) is 5.53. The molecule has 1 unspecified atom stereocenters. The number of carbonyl (C=O) groups is 1. The van der Waals surface area contributed by atoms with Crippen molar-refractivity contribution < 1.29 is 9.53 Å². The van der Waals surface area contributed by atoms with E-state index in [1.54, 1.807) is 13.0 Å². The average molecular weight is 156 g/mol. The van der Waals surface area contributed by atoms with Crippen molar-refractivity contribution in [1.29, 1.82) is 0 Å². The maximum atomic E-state index is 10.8. The molecule has 0 N–H and O–H groups in total. The molecule has 0 aliphatic carbocycles. The Morgan fingerprint density at radius 3 is 2.73 bits per heavy atom. The van der Waals surface area contributed by atoms with Crippen LogP contribution in [0.1, 0.15) is 33.6 Å². The Bertz CT molecular complexity index is 138. The molecule has 0 bridgehead atoms. The highest BCUT2D eigenvalue weighted by Crippen LogP contribution is 2.00. The van der Waals surface area contributed by atoms with Gasteiger partial charge >= 0.3 is 5.97 Å². The fourth-order valence-corrected chi connectivity index (χ4v) is 0.839. The first-order valence-electron chi connectivity index (χ1n) is 4.04. The fraction of sp³-hybridized carbons (Fsp3) is 0.667. The van der Waals surface area contributed by atoms with Crippen LogP contribution < -0.4 is 0 Å². The Balaban J connectivity index is 3.57. The van der Waals surface area contributed by atoms with Gasteiger partial charge in [0.1, 0.15) is 0 Å². The molecule has 64 valence electrons. The Morgan fingerprint density at radius 1 is 1.64 bits per heavy atom. The Morgan fingerprint density at radius 2 is 2.27 bits per heavy atom. The number of ether oxygens (including phenoxy) is 1. The van der Waals surface area contributed by atoms with Crippen molar-refractivity contribution >= 4 is 5.97 Å². The molecule has 0 aliphatic rings. The second kappa shape index (κ2) is 5.96. The molecule has 0 radical (unpaired) electrons. The maximum absolute atomic E-state index is 10.8. The molecular formula is C9H16O2. The van der Waals surface area contributed by atoms with Gasteiger partial charge in [-0.25, -0.2) is 4.79 Å². The van der Waals surface area contributed by atoms with Crippen LogP contribution in [0.5, 0.6) is 0 Å². The van der Waals surface area contributed by atoms with Gasteiger partial charge in [0.15, 0.2) is 0 Å². The van der Waals surface area contributed by atoms with Gasteiger partial charge in [0, 0.05) is 6.08 Å². The van der Waals surface area contributed by atoms with Gasteiger partial charge < -0.3 is 4.74 Å². The zero-order chi connectivity index (χ0) is 8.69. The van der Waals surface area contributed by atoms with Gasteiger partial charge in [-0.1, -0.05) is 19.4 Å². The van der Waals surface area contributed by atoms with Crippen LogP contribution in [0.4, 0.5) is 0 Å². The predicted molar refractivity (Wildman–Crippen MR) is 45.3 cm³/mol. The van der Waals surface area contributed by atoms with Crippen LogP contribution in [0, 0.1) is 0 Å². The predicted octanol–water partition coefficient (Wildman–Crippen LogP) is 2.29. The second-order valence-electron chi connectivity index (χ2n) is 2.54. The first-order valence-corrected chi connectivity index (χ1v) is 4.04. The quantitative estimate of drug-likeness (QED) is 0.461. The molecule has 0 heterocycles. The van der Waals surface area contributed by atoms with Crippen LogP contribution in [-0.2, 0) is 9.53 Å². The molecule has 0 aliphatic heterocycles. The smallest absolute Gasteiger partial charge is 0.330 e. The third kappa shape index (κ3) is 5.64. The van der Waals surface area contributed by atoms with Crippen molar-refractivity contribution in [2.75, 3.05) is 0 Å².